The Morgan fingerprint density at radius 2 is 2.21 bits per heavy atom. The van der Waals surface area contributed by atoms with E-state index in [0.29, 0.717) is 17.7 Å². The van der Waals surface area contributed by atoms with Crippen molar-refractivity contribution >= 4 is 6.03 Å². The van der Waals surface area contributed by atoms with Crippen LogP contribution in [-0.4, -0.2) is 24.3 Å². The number of carbonyl (C=O) groups excluding carboxylic acids is 1. The van der Waals surface area contributed by atoms with Crippen molar-refractivity contribution < 1.29 is 14.3 Å². The fourth-order valence-corrected chi connectivity index (χ4v) is 1.41. The summed E-state index contributed by atoms with van der Waals surface area (Å²) in [5, 5.41) is 13.8. The van der Waals surface area contributed by atoms with Crippen LogP contribution in [0, 0.1) is 17.7 Å². The average Bonchev–Trinajstić information content (AvgIpc) is 2.42. The Labute approximate surface area is 112 Å². The largest absolute Gasteiger partial charge is 0.384 e. The van der Waals surface area contributed by atoms with Crippen molar-refractivity contribution in [2.24, 2.45) is 0 Å². The molecule has 3 N–H and O–H groups in total. The van der Waals surface area contributed by atoms with Gasteiger partial charge in [0.2, 0.25) is 0 Å². The number of rotatable bonds is 4. The van der Waals surface area contributed by atoms with E-state index in [9.17, 15) is 9.18 Å². The number of aliphatic hydroxyl groups excluding tert-OH is 1. The number of urea groups is 1. The molecule has 0 bridgehead atoms. The first-order chi connectivity index (χ1) is 9.17. The maximum Gasteiger partial charge on any atom is 0.315 e. The third-order valence-corrected chi connectivity index (χ3v) is 2.33. The molecule has 0 atom stereocenters. The van der Waals surface area contributed by atoms with Gasteiger partial charge in [0, 0.05) is 24.2 Å². The minimum absolute atomic E-state index is 0.0933. The summed E-state index contributed by atoms with van der Waals surface area (Å²) in [6.07, 6.45) is 0.841. The molecule has 1 aromatic carbocycles. The van der Waals surface area contributed by atoms with Crippen molar-refractivity contribution in [1.82, 2.24) is 10.6 Å². The topological polar surface area (TPSA) is 61.4 Å². The molecule has 0 saturated carbocycles. The molecule has 0 spiro atoms. The van der Waals surface area contributed by atoms with Gasteiger partial charge in [0.05, 0.1) is 0 Å². The standard InChI is InChI=1S/C14H17FN2O2/c1-2-7-16-14(19)17-10-12-9-11(4-3-8-18)5-6-13(12)15/h5-6,9,18H,2,7-8,10H2,1H3,(H2,16,17,19). The first-order valence-electron chi connectivity index (χ1n) is 6.07. The quantitative estimate of drug-likeness (QED) is 0.719. The van der Waals surface area contributed by atoms with Crippen LogP contribution in [0.3, 0.4) is 0 Å². The molecule has 0 aromatic heterocycles. The molecular weight excluding hydrogens is 247 g/mol. The van der Waals surface area contributed by atoms with E-state index in [2.05, 4.69) is 22.5 Å². The molecule has 0 aliphatic heterocycles. The first kappa shape index (κ1) is 15.0. The van der Waals surface area contributed by atoms with E-state index in [1.165, 1.54) is 12.1 Å². The summed E-state index contributed by atoms with van der Waals surface area (Å²) < 4.78 is 13.5. The second kappa shape index (κ2) is 8.11. The van der Waals surface area contributed by atoms with Crippen molar-refractivity contribution in [3.05, 3.63) is 35.1 Å². The Kier molecular flexibility index (Phi) is 6.41. The number of aliphatic hydroxyl groups is 1. The van der Waals surface area contributed by atoms with E-state index >= 15 is 0 Å². The predicted molar refractivity (Wildman–Crippen MR) is 70.9 cm³/mol. The molecule has 0 radical (unpaired) electrons. The monoisotopic (exact) mass is 264 g/mol. The van der Waals surface area contributed by atoms with Crippen LogP contribution < -0.4 is 10.6 Å². The Morgan fingerprint density at radius 1 is 1.42 bits per heavy atom. The molecule has 1 aromatic rings. The molecular formula is C14H17FN2O2. The van der Waals surface area contributed by atoms with E-state index in [0.717, 1.165) is 6.42 Å². The van der Waals surface area contributed by atoms with Crippen LogP contribution in [0.15, 0.2) is 18.2 Å². The SMILES string of the molecule is CCCNC(=O)NCc1cc(C#CCO)ccc1F. The van der Waals surface area contributed by atoms with Gasteiger partial charge in [0.15, 0.2) is 0 Å². The lowest BCUT2D eigenvalue weighted by Crippen LogP contribution is -2.35. The molecule has 1 rings (SSSR count). The lowest BCUT2D eigenvalue weighted by Gasteiger charge is -2.08. The number of halogens is 1. The summed E-state index contributed by atoms with van der Waals surface area (Å²) in [6.45, 7) is 2.37. The number of hydrogen-bond donors (Lipinski definition) is 3. The number of benzene rings is 1. The molecule has 102 valence electrons. The van der Waals surface area contributed by atoms with Gasteiger partial charge in [-0.05, 0) is 24.6 Å². The minimum atomic E-state index is -0.398. The second-order valence-electron chi connectivity index (χ2n) is 3.88. The highest BCUT2D eigenvalue weighted by atomic mass is 19.1. The highest BCUT2D eigenvalue weighted by Crippen LogP contribution is 2.09. The summed E-state index contributed by atoms with van der Waals surface area (Å²) in [5.41, 5.74) is 0.956. The predicted octanol–water partition coefficient (Wildman–Crippen LogP) is 1.38. The van der Waals surface area contributed by atoms with Gasteiger partial charge < -0.3 is 15.7 Å². The van der Waals surface area contributed by atoms with Gasteiger partial charge in [-0.1, -0.05) is 18.8 Å². The number of carbonyl (C=O) groups is 1. The first-order valence-corrected chi connectivity index (χ1v) is 6.07. The number of hydrogen-bond acceptors (Lipinski definition) is 2. The van der Waals surface area contributed by atoms with Gasteiger partial charge in [0.1, 0.15) is 12.4 Å². The lowest BCUT2D eigenvalue weighted by molar-refractivity contribution is 0.240. The highest BCUT2D eigenvalue weighted by Gasteiger charge is 2.05. The summed E-state index contributed by atoms with van der Waals surface area (Å²) in [4.78, 5) is 11.3. The third kappa shape index (κ3) is 5.40. The fraction of sp³-hybridized carbons (Fsp3) is 0.357. The lowest BCUT2D eigenvalue weighted by atomic mass is 10.1. The zero-order valence-electron chi connectivity index (χ0n) is 10.8. The van der Waals surface area contributed by atoms with Gasteiger partial charge in [-0.15, -0.1) is 0 Å². The molecule has 4 nitrogen and oxygen atoms in total. The van der Waals surface area contributed by atoms with Crippen LogP contribution in [0.5, 0.6) is 0 Å². The van der Waals surface area contributed by atoms with Crippen LogP contribution in [0.4, 0.5) is 9.18 Å². The summed E-state index contributed by atoms with van der Waals surface area (Å²) in [6, 6.07) is 4.05. The van der Waals surface area contributed by atoms with E-state index in [1.54, 1.807) is 6.07 Å². The Balaban J connectivity index is 2.64. The molecule has 2 amide bonds. The molecule has 0 fully saturated rings. The van der Waals surface area contributed by atoms with Crippen LogP contribution >= 0.6 is 0 Å². The zero-order chi connectivity index (χ0) is 14.1. The molecule has 0 heterocycles. The van der Waals surface area contributed by atoms with Crippen LogP contribution in [-0.2, 0) is 6.54 Å². The summed E-state index contributed by atoms with van der Waals surface area (Å²) >= 11 is 0. The Bertz CT molecular complexity index is 492. The van der Waals surface area contributed by atoms with E-state index in [1.807, 2.05) is 6.92 Å². The van der Waals surface area contributed by atoms with Crippen molar-refractivity contribution in [1.29, 1.82) is 0 Å². The highest BCUT2D eigenvalue weighted by molar-refractivity contribution is 5.73. The fourth-order valence-electron chi connectivity index (χ4n) is 1.41. The molecule has 19 heavy (non-hydrogen) atoms. The maximum atomic E-state index is 13.5. The van der Waals surface area contributed by atoms with Gasteiger partial charge in [-0.3, -0.25) is 0 Å². The third-order valence-electron chi connectivity index (χ3n) is 2.33. The van der Waals surface area contributed by atoms with Gasteiger partial charge in [-0.25, -0.2) is 9.18 Å². The maximum absolute atomic E-state index is 13.5. The Morgan fingerprint density at radius 3 is 2.89 bits per heavy atom. The number of amides is 2. The van der Waals surface area contributed by atoms with Crippen molar-refractivity contribution in [2.75, 3.05) is 13.2 Å². The average molecular weight is 264 g/mol. The van der Waals surface area contributed by atoms with Gasteiger partial charge >= 0.3 is 6.03 Å². The van der Waals surface area contributed by atoms with Crippen molar-refractivity contribution in [3.8, 4) is 11.8 Å². The second-order valence-corrected chi connectivity index (χ2v) is 3.88. The van der Waals surface area contributed by atoms with Crippen molar-refractivity contribution in [3.63, 3.8) is 0 Å². The van der Waals surface area contributed by atoms with E-state index in [-0.39, 0.29) is 19.2 Å². The smallest absolute Gasteiger partial charge is 0.315 e. The van der Waals surface area contributed by atoms with Crippen LogP contribution in [0.25, 0.3) is 0 Å². The molecule has 0 aliphatic rings. The van der Waals surface area contributed by atoms with E-state index in [4.69, 9.17) is 5.11 Å². The normalized spacial score (nSPS) is 9.42. The zero-order valence-corrected chi connectivity index (χ0v) is 10.8. The molecule has 0 aliphatic carbocycles. The molecule has 0 saturated heterocycles. The molecule has 5 heteroatoms. The summed E-state index contributed by atoms with van der Waals surface area (Å²) in [5.74, 6) is 4.78. The van der Waals surface area contributed by atoms with Gasteiger partial charge in [-0.2, -0.15) is 0 Å². The van der Waals surface area contributed by atoms with Gasteiger partial charge in [0.25, 0.3) is 0 Å². The van der Waals surface area contributed by atoms with E-state index < -0.39 is 5.82 Å². The minimum Gasteiger partial charge on any atom is -0.384 e. The Hall–Kier alpha value is -2.06. The number of nitrogens with one attached hydrogen (secondary N) is 2. The van der Waals surface area contributed by atoms with Crippen LogP contribution in [0.1, 0.15) is 24.5 Å². The molecule has 0 unspecified atom stereocenters. The summed E-state index contributed by atoms with van der Waals surface area (Å²) in [7, 11) is 0. The van der Waals surface area contributed by atoms with Crippen LogP contribution in [0.2, 0.25) is 0 Å². The van der Waals surface area contributed by atoms with Crippen molar-refractivity contribution in [2.45, 2.75) is 19.9 Å².